The maximum absolute atomic E-state index is 12.3. The molecule has 3 aromatic rings. The summed E-state index contributed by atoms with van der Waals surface area (Å²) in [5, 5.41) is 2.75. The van der Waals surface area contributed by atoms with E-state index in [9.17, 15) is 9.59 Å². The Bertz CT molecular complexity index is 923. The zero-order chi connectivity index (χ0) is 18.7. The zero-order valence-corrected chi connectivity index (χ0v) is 14.8. The van der Waals surface area contributed by atoms with E-state index in [1.165, 1.54) is 6.92 Å². The monoisotopic (exact) mass is 356 g/mol. The molecule has 0 aliphatic carbocycles. The standard InChI is InChI=1S/C19H20N2O5/c1-12(18(22)20-11-13-4-6-14(24-3)7-5-13)26-19(23)16-10-17-15(21(16)2)8-9-25-17/h4-10,12H,11H2,1-3H3,(H,20,22). The van der Waals surface area contributed by atoms with Gasteiger partial charge in [0.1, 0.15) is 11.4 Å². The van der Waals surface area contributed by atoms with E-state index in [4.69, 9.17) is 13.9 Å². The fourth-order valence-corrected chi connectivity index (χ4v) is 2.60. The third-order valence-electron chi connectivity index (χ3n) is 4.15. The molecule has 7 nitrogen and oxygen atoms in total. The van der Waals surface area contributed by atoms with Gasteiger partial charge in [-0.2, -0.15) is 0 Å². The number of benzene rings is 1. The van der Waals surface area contributed by atoms with Crippen molar-refractivity contribution in [2.45, 2.75) is 19.6 Å². The zero-order valence-electron chi connectivity index (χ0n) is 14.8. The Morgan fingerprint density at radius 2 is 1.96 bits per heavy atom. The van der Waals surface area contributed by atoms with Crippen molar-refractivity contribution in [2.24, 2.45) is 7.05 Å². The molecule has 0 aliphatic heterocycles. The van der Waals surface area contributed by atoms with Crippen molar-refractivity contribution in [2.75, 3.05) is 7.11 Å². The number of esters is 1. The third-order valence-corrected chi connectivity index (χ3v) is 4.15. The number of furan rings is 1. The highest BCUT2D eigenvalue weighted by Crippen LogP contribution is 2.20. The summed E-state index contributed by atoms with van der Waals surface area (Å²) in [6.45, 7) is 1.87. The maximum atomic E-state index is 12.3. The van der Waals surface area contributed by atoms with E-state index in [2.05, 4.69) is 5.32 Å². The fraction of sp³-hybridized carbons (Fsp3) is 0.263. The SMILES string of the molecule is COc1ccc(CNC(=O)C(C)OC(=O)c2cc3occc3n2C)cc1. The van der Waals surface area contributed by atoms with Crippen LogP contribution in [0.25, 0.3) is 11.1 Å². The Morgan fingerprint density at radius 1 is 1.23 bits per heavy atom. The van der Waals surface area contributed by atoms with Gasteiger partial charge in [0.25, 0.3) is 5.91 Å². The topological polar surface area (TPSA) is 82.7 Å². The Balaban J connectivity index is 1.56. The summed E-state index contributed by atoms with van der Waals surface area (Å²) in [7, 11) is 3.33. The molecule has 3 rings (SSSR count). The van der Waals surface area contributed by atoms with Crippen LogP contribution in [0.3, 0.4) is 0 Å². The molecule has 1 atom stereocenters. The highest BCUT2D eigenvalue weighted by Gasteiger charge is 2.22. The minimum Gasteiger partial charge on any atom is -0.497 e. The van der Waals surface area contributed by atoms with Gasteiger partial charge in [0.05, 0.1) is 18.9 Å². The summed E-state index contributed by atoms with van der Waals surface area (Å²) in [6.07, 6.45) is 0.636. The van der Waals surface area contributed by atoms with E-state index in [0.29, 0.717) is 17.8 Å². The highest BCUT2D eigenvalue weighted by molar-refractivity contribution is 5.95. The average molecular weight is 356 g/mol. The first-order valence-corrected chi connectivity index (χ1v) is 8.14. The van der Waals surface area contributed by atoms with Crippen LogP contribution in [0.15, 0.2) is 47.1 Å². The molecule has 0 fully saturated rings. The van der Waals surface area contributed by atoms with E-state index in [1.54, 1.807) is 37.1 Å². The van der Waals surface area contributed by atoms with Crippen LogP contribution in [0.2, 0.25) is 0 Å². The molecule has 0 aliphatic rings. The molecule has 1 aromatic carbocycles. The van der Waals surface area contributed by atoms with Gasteiger partial charge >= 0.3 is 5.97 Å². The van der Waals surface area contributed by atoms with Crippen LogP contribution in [0.4, 0.5) is 0 Å². The molecule has 136 valence electrons. The lowest BCUT2D eigenvalue weighted by molar-refractivity contribution is -0.129. The minimum absolute atomic E-state index is 0.328. The van der Waals surface area contributed by atoms with Crippen molar-refractivity contribution in [1.29, 1.82) is 0 Å². The van der Waals surface area contributed by atoms with Gasteiger partial charge in [0, 0.05) is 25.7 Å². The van der Waals surface area contributed by atoms with Gasteiger partial charge < -0.3 is 23.8 Å². The lowest BCUT2D eigenvalue weighted by Crippen LogP contribution is -2.35. The van der Waals surface area contributed by atoms with Gasteiger partial charge in [-0.3, -0.25) is 4.79 Å². The first kappa shape index (κ1) is 17.6. The molecule has 0 saturated carbocycles. The molecule has 1 N–H and O–H groups in total. The Hall–Kier alpha value is -3.22. The molecule has 0 saturated heterocycles. The van der Waals surface area contributed by atoms with Crippen molar-refractivity contribution in [3.63, 3.8) is 0 Å². The second-order valence-corrected chi connectivity index (χ2v) is 5.87. The van der Waals surface area contributed by atoms with Gasteiger partial charge in [0.15, 0.2) is 11.7 Å². The van der Waals surface area contributed by atoms with Crippen LogP contribution < -0.4 is 10.1 Å². The quantitative estimate of drug-likeness (QED) is 0.687. The van der Waals surface area contributed by atoms with Gasteiger partial charge in [-0.05, 0) is 24.6 Å². The third kappa shape index (κ3) is 3.56. The summed E-state index contributed by atoms with van der Waals surface area (Å²) in [5.74, 6) is -0.200. The summed E-state index contributed by atoms with van der Waals surface area (Å²) in [6, 6.07) is 10.7. The first-order valence-electron chi connectivity index (χ1n) is 8.14. The second-order valence-electron chi connectivity index (χ2n) is 5.87. The molecule has 26 heavy (non-hydrogen) atoms. The molecule has 2 heterocycles. The predicted octanol–water partition coefficient (Wildman–Crippen LogP) is 2.64. The normalized spacial score (nSPS) is 12.0. The van der Waals surface area contributed by atoms with Gasteiger partial charge in [-0.25, -0.2) is 4.79 Å². The van der Waals surface area contributed by atoms with E-state index in [1.807, 2.05) is 24.3 Å². The summed E-state index contributed by atoms with van der Waals surface area (Å²) >= 11 is 0. The molecule has 0 spiro atoms. The summed E-state index contributed by atoms with van der Waals surface area (Å²) in [5.41, 5.74) is 2.62. The van der Waals surface area contributed by atoms with Crippen molar-refractivity contribution in [3.8, 4) is 5.75 Å². The van der Waals surface area contributed by atoms with Crippen LogP contribution >= 0.6 is 0 Å². The fourth-order valence-electron chi connectivity index (χ4n) is 2.60. The number of aryl methyl sites for hydroxylation is 1. The molecule has 7 heteroatoms. The Morgan fingerprint density at radius 3 is 2.62 bits per heavy atom. The number of nitrogens with one attached hydrogen (secondary N) is 1. The number of aromatic nitrogens is 1. The lowest BCUT2D eigenvalue weighted by Gasteiger charge is -2.14. The van der Waals surface area contributed by atoms with E-state index < -0.39 is 12.1 Å². The van der Waals surface area contributed by atoms with E-state index in [0.717, 1.165) is 16.8 Å². The van der Waals surface area contributed by atoms with Crippen LogP contribution in [-0.2, 0) is 23.1 Å². The average Bonchev–Trinajstić information content (AvgIpc) is 3.23. The van der Waals surface area contributed by atoms with Gasteiger partial charge in [-0.1, -0.05) is 12.1 Å². The Kier molecular flexibility index (Phi) is 4.97. The summed E-state index contributed by atoms with van der Waals surface area (Å²) < 4.78 is 17.3. The number of carbonyl (C=O) groups excluding carboxylic acids is 2. The number of carbonyl (C=O) groups is 2. The number of methoxy groups -OCH3 is 1. The second kappa shape index (κ2) is 7.35. The molecule has 1 amide bonds. The number of hydrogen-bond donors (Lipinski definition) is 1. The van der Waals surface area contributed by atoms with Crippen molar-refractivity contribution in [3.05, 3.63) is 53.9 Å². The number of rotatable bonds is 6. The number of fused-ring (bicyclic) bond motifs is 1. The smallest absolute Gasteiger partial charge is 0.355 e. The largest absolute Gasteiger partial charge is 0.497 e. The van der Waals surface area contributed by atoms with Gasteiger partial charge in [0.2, 0.25) is 0 Å². The number of hydrogen-bond acceptors (Lipinski definition) is 5. The van der Waals surface area contributed by atoms with Crippen LogP contribution in [0.1, 0.15) is 23.0 Å². The van der Waals surface area contributed by atoms with Crippen LogP contribution in [0, 0.1) is 0 Å². The predicted molar refractivity (Wildman–Crippen MR) is 94.9 cm³/mol. The molecule has 1 unspecified atom stereocenters. The van der Waals surface area contributed by atoms with Crippen molar-refractivity contribution < 1.29 is 23.5 Å². The number of amides is 1. The first-order chi connectivity index (χ1) is 12.5. The highest BCUT2D eigenvalue weighted by atomic mass is 16.5. The van der Waals surface area contributed by atoms with E-state index in [-0.39, 0.29) is 5.91 Å². The lowest BCUT2D eigenvalue weighted by atomic mass is 10.2. The molecular weight excluding hydrogens is 336 g/mol. The van der Waals surface area contributed by atoms with E-state index >= 15 is 0 Å². The molecular formula is C19H20N2O5. The Labute approximate surface area is 150 Å². The minimum atomic E-state index is -0.915. The van der Waals surface area contributed by atoms with Gasteiger partial charge in [-0.15, -0.1) is 0 Å². The maximum Gasteiger partial charge on any atom is 0.355 e. The molecule has 2 aromatic heterocycles. The van der Waals surface area contributed by atoms with Crippen LogP contribution in [-0.4, -0.2) is 29.7 Å². The number of nitrogens with zero attached hydrogens (tertiary/aromatic N) is 1. The molecule has 0 bridgehead atoms. The number of ether oxygens (including phenoxy) is 2. The summed E-state index contributed by atoms with van der Waals surface area (Å²) in [4.78, 5) is 24.5. The van der Waals surface area contributed by atoms with Crippen molar-refractivity contribution >= 4 is 23.0 Å². The molecule has 0 radical (unpaired) electrons. The van der Waals surface area contributed by atoms with Crippen molar-refractivity contribution in [1.82, 2.24) is 9.88 Å². The van der Waals surface area contributed by atoms with Crippen LogP contribution in [0.5, 0.6) is 5.75 Å².